The normalized spacial score (nSPS) is 38.6. The van der Waals surface area contributed by atoms with E-state index in [1.807, 2.05) is 20.8 Å². The standard InChI is InChI=1S/C17H32N2O2/c1-5-21-14-10-17(18,16(14,3)4)15(20)19-11-13-9-7-6-8-12(13)2/h12-14H,5-11,18H2,1-4H3,(H,19,20). The minimum Gasteiger partial charge on any atom is -0.378 e. The molecule has 0 aromatic carbocycles. The van der Waals surface area contributed by atoms with Crippen molar-refractivity contribution in [3.8, 4) is 0 Å². The highest BCUT2D eigenvalue weighted by molar-refractivity contribution is 5.88. The van der Waals surface area contributed by atoms with Gasteiger partial charge in [-0.3, -0.25) is 4.79 Å². The van der Waals surface area contributed by atoms with E-state index in [4.69, 9.17) is 10.5 Å². The van der Waals surface area contributed by atoms with Gasteiger partial charge in [-0.15, -0.1) is 0 Å². The van der Waals surface area contributed by atoms with Gasteiger partial charge in [-0.1, -0.05) is 40.0 Å². The molecule has 0 bridgehead atoms. The molecule has 1 amide bonds. The largest absolute Gasteiger partial charge is 0.378 e. The van der Waals surface area contributed by atoms with Crippen molar-refractivity contribution in [3.63, 3.8) is 0 Å². The molecule has 2 aliphatic rings. The van der Waals surface area contributed by atoms with Gasteiger partial charge in [0.2, 0.25) is 5.91 Å². The molecule has 0 heterocycles. The molecule has 21 heavy (non-hydrogen) atoms. The first-order valence-corrected chi connectivity index (χ1v) is 8.51. The molecule has 0 saturated heterocycles. The van der Waals surface area contributed by atoms with Crippen LogP contribution < -0.4 is 11.1 Å². The molecule has 0 aromatic rings. The average Bonchev–Trinajstić information content (AvgIpc) is 2.45. The van der Waals surface area contributed by atoms with E-state index in [2.05, 4.69) is 12.2 Å². The second-order valence-electron chi connectivity index (χ2n) is 7.57. The van der Waals surface area contributed by atoms with Gasteiger partial charge in [-0.25, -0.2) is 0 Å². The van der Waals surface area contributed by atoms with Crippen molar-refractivity contribution in [2.45, 2.75) is 71.4 Å². The number of carbonyl (C=O) groups excluding carboxylic acids is 1. The summed E-state index contributed by atoms with van der Waals surface area (Å²) in [5, 5.41) is 3.12. The number of carbonyl (C=O) groups is 1. The fraction of sp³-hybridized carbons (Fsp3) is 0.941. The van der Waals surface area contributed by atoms with Crippen LogP contribution in [0.25, 0.3) is 0 Å². The van der Waals surface area contributed by atoms with E-state index < -0.39 is 5.54 Å². The van der Waals surface area contributed by atoms with E-state index in [1.165, 1.54) is 25.7 Å². The summed E-state index contributed by atoms with van der Waals surface area (Å²) in [6.07, 6.45) is 5.84. The van der Waals surface area contributed by atoms with Crippen molar-refractivity contribution in [2.75, 3.05) is 13.2 Å². The molecule has 122 valence electrons. The quantitative estimate of drug-likeness (QED) is 0.819. The average molecular weight is 296 g/mol. The van der Waals surface area contributed by atoms with Crippen LogP contribution in [0.5, 0.6) is 0 Å². The second-order valence-corrected chi connectivity index (χ2v) is 7.57. The summed E-state index contributed by atoms with van der Waals surface area (Å²) in [7, 11) is 0. The Morgan fingerprint density at radius 1 is 1.33 bits per heavy atom. The van der Waals surface area contributed by atoms with E-state index >= 15 is 0 Å². The summed E-state index contributed by atoms with van der Waals surface area (Å²) in [6.45, 7) is 9.81. The predicted molar refractivity (Wildman–Crippen MR) is 84.9 cm³/mol. The zero-order valence-corrected chi connectivity index (χ0v) is 14.1. The third-order valence-corrected chi connectivity index (χ3v) is 6.05. The molecule has 4 nitrogen and oxygen atoms in total. The maximum absolute atomic E-state index is 12.6. The zero-order valence-electron chi connectivity index (χ0n) is 14.1. The van der Waals surface area contributed by atoms with Crippen molar-refractivity contribution in [3.05, 3.63) is 0 Å². The minimum atomic E-state index is -0.787. The number of hydrogen-bond acceptors (Lipinski definition) is 3. The molecule has 0 radical (unpaired) electrons. The van der Waals surface area contributed by atoms with Crippen LogP contribution in [0.1, 0.15) is 59.8 Å². The Kier molecular flexibility index (Phi) is 4.99. The van der Waals surface area contributed by atoms with E-state index in [-0.39, 0.29) is 17.4 Å². The third-order valence-electron chi connectivity index (χ3n) is 6.05. The third kappa shape index (κ3) is 2.98. The van der Waals surface area contributed by atoms with Gasteiger partial charge in [-0.2, -0.15) is 0 Å². The molecule has 2 saturated carbocycles. The first-order valence-electron chi connectivity index (χ1n) is 8.51. The molecule has 4 atom stereocenters. The number of rotatable bonds is 5. The molecular weight excluding hydrogens is 264 g/mol. The van der Waals surface area contributed by atoms with Crippen LogP contribution in [0.2, 0.25) is 0 Å². The number of ether oxygens (including phenoxy) is 1. The van der Waals surface area contributed by atoms with E-state index in [0.717, 1.165) is 6.54 Å². The summed E-state index contributed by atoms with van der Waals surface area (Å²) < 4.78 is 5.69. The second kappa shape index (κ2) is 6.25. The van der Waals surface area contributed by atoms with E-state index in [0.29, 0.717) is 24.9 Å². The van der Waals surface area contributed by atoms with Crippen molar-refractivity contribution >= 4 is 5.91 Å². The Morgan fingerprint density at radius 3 is 2.57 bits per heavy atom. The Labute approximate surface area is 129 Å². The van der Waals surface area contributed by atoms with Crippen molar-refractivity contribution in [2.24, 2.45) is 23.0 Å². The molecule has 4 unspecified atom stereocenters. The Balaban J connectivity index is 1.88. The zero-order chi connectivity index (χ0) is 15.7. The summed E-state index contributed by atoms with van der Waals surface area (Å²) in [6, 6.07) is 0. The molecule has 4 heteroatoms. The smallest absolute Gasteiger partial charge is 0.240 e. The van der Waals surface area contributed by atoms with Gasteiger partial charge in [-0.05, 0) is 25.2 Å². The molecule has 0 spiro atoms. The first kappa shape index (κ1) is 16.8. The maximum atomic E-state index is 12.6. The summed E-state index contributed by atoms with van der Waals surface area (Å²) in [5.74, 6) is 1.32. The van der Waals surface area contributed by atoms with E-state index in [1.54, 1.807) is 0 Å². The van der Waals surface area contributed by atoms with Crippen LogP contribution in [0.3, 0.4) is 0 Å². The first-order chi connectivity index (χ1) is 9.83. The number of amides is 1. The molecule has 0 aliphatic heterocycles. The van der Waals surface area contributed by atoms with Crippen LogP contribution in [-0.4, -0.2) is 30.7 Å². The SMILES string of the molecule is CCOC1CC(N)(C(=O)NCC2CCCCC2C)C1(C)C. The minimum absolute atomic E-state index is 0.00114. The van der Waals surface area contributed by atoms with E-state index in [9.17, 15) is 4.79 Å². The highest BCUT2D eigenvalue weighted by atomic mass is 16.5. The number of nitrogens with two attached hydrogens (primary N) is 1. The Morgan fingerprint density at radius 2 is 2.00 bits per heavy atom. The summed E-state index contributed by atoms with van der Waals surface area (Å²) in [4.78, 5) is 12.6. The highest BCUT2D eigenvalue weighted by Crippen LogP contribution is 2.49. The molecule has 0 aromatic heterocycles. The summed E-state index contributed by atoms with van der Waals surface area (Å²) in [5.41, 5.74) is 5.32. The van der Waals surface area contributed by atoms with Crippen molar-refractivity contribution < 1.29 is 9.53 Å². The maximum Gasteiger partial charge on any atom is 0.240 e. The van der Waals surface area contributed by atoms with Crippen molar-refractivity contribution in [1.29, 1.82) is 0 Å². The molecule has 2 rings (SSSR count). The lowest BCUT2D eigenvalue weighted by molar-refractivity contribution is -0.170. The van der Waals surface area contributed by atoms with Crippen LogP contribution in [-0.2, 0) is 9.53 Å². The fourth-order valence-corrected chi connectivity index (χ4v) is 3.90. The Hall–Kier alpha value is -0.610. The van der Waals surface area contributed by atoms with Crippen molar-refractivity contribution in [1.82, 2.24) is 5.32 Å². The van der Waals surface area contributed by atoms with Gasteiger partial charge in [0, 0.05) is 25.0 Å². The highest BCUT2D eigenvalue weighted by Gasteiger charge is 2.62. The monoisotopic (exact) mass is 296 g/mol. The fourth-order valence-electron chi connectivity index (χ4n) is 3.90. The predicted octanol–water partition coefficient (Wildman–Crippen LogP) is 2.46. The lowest BCUT2D eigenvalue weighted by atomic mass is 9.54. The lowest BCUT2D eigenvalue weighted by Crippen LogP contribution is -2.76. The van der Waals surface area contributed by atoms with Crippen LogP contribution >= 0.6 is 0 Å². The van der Waals surface area contributed by atoms with Crippen LogP contribution in [0, 0.1) is 17.3 Å². The topological polar surface area (TPSA) is 64.3 Å². The molecular formula is C17H32N2O2. The lowest BCUT2D eigenvalue weighted by Gasteiger charge is -2.57. The Bertz CT molecular complexity index is 383. The molecule has 3 N–H and O–H groups in total. The van der Waals surface area contributed by atoms with Gasteiger partial charge in [0.1, 0.15) is 5.54 Å². The van der Waals surface area contributed by atoms with Crippen LogP contribution in [0.15, 0.2) is 0 Å². The van der Waals surface area contributed by atoms with Gasteiger partial charge in [0.25, 0.3) is 0 Å². The summed E-state index contributed by atoms with van der Waals surface area (Å²) >= 11 is 0. The number of nitrogens with one attached hydrogen (secondary N) is 1. The van der Waals surface area contributed by atoms with Gasteiger partial charge in [0.15, 0.2) is 0 Å². The van der Waals surface area contributed by atoms with Crippen LogP contribution in [0.4, 0.5) is 0 Å². The van der Waals surface area contributed by atoms with Gasteiger partial charge in [0.05, 0.1) is 6.10 Å². The number of hydrogen-bond donors (Lipinski definition) is 2. The van der Waals surface area contributed by atoms with Gasteiger partial charge >= 0.3 is 0 Å². The molecule has 2 fully saturated rings. The van der Waals surface area contributed by atoms with Gasteiger partial charge < -0.3 is 15.8 Å². The molecule has 2 aliphatic carbocycles.